The van der Waals surface area contributed by atoms with Gasteiger partial charge >= 0.3 is 0 Å². The van der Waals surface area contributed by atoms with Gasteiger partial charge in [-0.15, -0.1) is 0 Å². The molecular weight excluding hydrogens is 256 g/mol. The SMILES string of the molecule is CCC(CC)(NC(=O)C(C)c1ccccc1)C(N)=S. The third kappa shape index (κ3) is 3.53. The molecule has 3 nitrogen and oxygen atoms in total. The van der Waals surface area contributed by atoms with Gasteiger partial charge in [-0.3, -0.25) is 4.79 Å². The molecule has 0 aliphatic rings. The first-order valence-corrected chi connectivity index (χ1v) is 7.04. The second-order valence-corrected chi connectivity index (χ2v) is 5.21. The minimum Gasteiger partial charge on any atom is -0.391 e. The summed E-state index contributed by atoms with van der Waals surface area (Å²) in [5.74, 6) is -0.254. The van der Waals surface area contributed by atoms with Crippen molar-refractivity contribution in [2.75, 3.05) is 0 Å². The maximum absolute atomic E-state index is 12.4. The van der Waals surface area contributed by atoms with E-state index in [-0.39, 0.29) is 11.8 Å². The van der Waals surface area contributed by atoms with Crippen LogP contribution in [-0.2, 0) is 4.79 Å². The van der Waals surface area contributed by atoms with Gasteiger partial charge in [0.15, 0.2) is 0 Å². The van der Waals surface area contributed by atoms with Crippen molar-refractivity contribution in [2.45, 2.75) is 45.1 Å². The van der Waals surface area contributed by atoms with Crippen molar-refractivity contribution in [3.05, 3.63) is 35.9 Å². The first-order chi connectivity index (χ1) is 8.96. The Balaban J connectivity index is 2.87. The lowest BCUT2D eigenvalue weighted by Gasteiger charge is -2.33. The van der Waals surface area contributed by atoms with Crippen molar-refractivity contribution in [2.24, 2.45) is 5.73 Å². The average molecular weight is 278 g/mol. The molecule has 0 saturated heterocycles. The van der Waals surface area contributed by atoms with E-state index in [0.29, 0.717) is 17.8 Å². The van der Waals surface area contributed by atoms with Crippen molar-refractivity contribution in [3.63, 3.8) is 0 Å². The zero-order valence-electron chi connectivity index (χ0n) is 11.8. The lowest BCUT2D eigenvalue weighted by molar-refractivity contribution is -0.123. The molecular formula is C15H22N2OS. The molecule has 1 rings (SSSR count). The molecule has 0 aliphatic carbocycles. The second kappa shape index (κ2) is 6.66. The van der Waals surface area contributed by atoms with Gasteiger partial charge in [-0.05, 0) is 25.3 Å². The van der Waals surface area contributed by atoms with E-state index in [1.807, 2.05) is 51.1 Å². The van der Waals surface area contributed by atoms with Gasteiger partial charge in [-0.25, -0.2) is 0 Å². The largest absolute Gasteiger partial charge is 0.391 e. The third-order valence-electron chi connectivity index (χ3n) is 3.73. The molecule has 1 aromatic rings. The number of thiocarbonyl (C=S) groups is 1. The van der Waals surface area contributed by atoms with Crippen LogP contribution < -0.4 is 11.1 Å². The van der Waals surface area contributed by atoms with Crippen molar-refractivity contribution in [1.29, 1.82) is 0 Å². The Hall–Kier alpha value is -1.42. The third-order valence-corrected chi connectivity index (χ3v) is 4.12. The maximum Gasteiger partial charge on any atom is 0.228 e. The van der Waals surface area contributed by atoms with E-state index in [9.17, 15) is 4.79 Å². The Labute approximate surface area is 120 Å². The Morgan fingerprint density at radius 3 is 2.26 bits per heavy atom. The van der Waals surface area contributed by atoms with Gasteiger partial charge < -0.3 is 11.1 Å². The highest BCUT2D eigenvalue weighted by molar-refractivity contribution is 7.80. The second-order valence-electron chi connectivity index (χ2n) is 4.78. The highest BCUT2D eigenvalue weighted by Gasteiger charge is 2.32. The molecule has 0 radical (unpaired) electrons. The molecule has 0 fully saturated rings. The lowest BCUT2D eigenvalue weighted by atomic mass is 9.91. The van der Waals surface area contributed by atoms with Crippen LogP contribution in [0.1, 0.15) is 45.1 Å². The number of rotatable bonds is 6. The molecule has 1 amide bonds. The van der Waals surface area contributed by atoms with Crippen LogP contribution in [0.5, 0.6) is 0 Å². The van der Waals surface area contributed by atoms with E-state index in [0.717, 1.165) is 5.56 Å². The van der Waals surface area contributed by atoms with Crippen LogP contribution in [0.25, 0.3) is 0 Å². The number of carbonyl (C=O) groups excluding carboxylic acids is 1. The van der Waals surface area contributed by atoms with Crippen molar-refractivity contribution >= 4 is 23.1 Å². The minimum atomic E-state index is -0.574. The number of amides is 1. The monoisotopic (exact) mass is 278 g/mol. The fourth-order valence-corrected chi connectivity index (χ4v) is 2.41. The summed E-state index contributed by atoms with van der Waals surface area (Å²) in [6.45, 7) is 5.85. The first kappa shape index (κ1) is 15.6. The first-order valence-electron chi connectivity index (χ1n) is 6.63. The molecule has 1 atom stereocenters. The number of nitrogens with two attached hydrogens (primary N) is 1. The molecule has 0 bridgehead atoms. The van der Waals surface area contributed by atoms with Crippen molar-refractivity contribution in [1.82, 2.24) is 5.32 Å². The summed E-state index contributed by atoms with van der Waals surface area (Å²) in [6, 6.07) is 9.69. The minimum absolute atomic E-state index is 0.0392. The molecule has 4 heteroatoms. The van der Waals surface area contributed by atoms with Gasteiger partial charge in [0.05, 0.1) is 16.4 Å². The molecule has 0 heterocycles. The molecule has 0 aromatic heterocycles. The Bertz CT molecular complexity index is 441. The lowest BCUT2D eigenvalue weighted by Crippen LogP contribution is -2.56. The summed E-state index contributed by atoms with van der Waals surface area (Å²) < 4.78 is 0. The summed E-state index contributed by atoms with van der Waals surface area (Å²) >= 11 is 5.11. The number of carbonyl (C=O) groups is 1. The van der Waals surface area contributed by atoms with Gasteiger partial charge in [-0.1, -0.05) is 56.4 Å². The zero-order chi connectivity index (χ0) is 14.5. The summed E-state index contributed by atoms with van der Waals surface area (Å²) in [5, 5.41) is 3.02. The highest BCUT2D eigenvalue weighted by Crippen LogP contribution is 2.20. The maximum atomic E-state index is 12.4. The van der Waals surface area contributed by atoms with Gasteiger partial charge in [-0.2, -0.15) is 0 Å². The molecule has 1 unspecified atom stereocenters. The van der Waals surface area contributed by atoms with Crippen molar-refractivity contribution in [3.8, 4) is 0 Å². The normalized spacial score (nSPS) is 12.8. The van der Waals surface area contributed by atoms with Crippen LogP contribution in [0, 0.1) is 0 Å². The summed E-state index contributed by atoms with van der Waals surface area (Å²) in [4.78, 5) is 12.7. The Kier molecular flexibility index (Phi) is 5.48. The molecule has 0 spiro atoms. The van der Waals surface area contributed by atoms with Crippen LogP contribution >= 0.6 is 12.2 Å². The topological polar surface area (TPSA) is 55.1 Å². The predicted octanol–water partition coefficient (Wildman–Crippen LogP) is 2.75. The fourth-order valence-electron chi connectivity index (χ4n) is 2.07. The van der Waals surface area contributed by atoms with E-state index in [2.05, 4.69) is 5.32 Å². The molecule has 104 valence electrons. The molecule has 19 heavy (non-hydrogen) atoms. The predicted molar refractivity (Wildman–Crippen MR) is 83.1 cm³/mol. The summed E-state index contributed by atoms with van der Waals surface area (Å²) in [5.41, 5.74) is 6.21. The van der Waals surface area contributed by atoms with Crippen LogP contribution in [-0.4, -0.2) is 16.4 Å². The van der Waals surface area contributed by atoms with E-state index in [4.69, 9.17) is 18.0 Å². The van der Waals surface area contributed by atoms with Crippen LogP contribution in [0.4, 0.5) is 0 Å². The molecule has 0 saturated carbocycles. The van der Waals surface area contributed by atoms with Gasteiger partial charge in [0, 0.05) is 0 Å². The summed E-state index contributed by atoms with van der Waals surface area (Å²) in [6.07, 6.45) is 1.40. The van der Waals surface area contributed by atoms with E-state index in [1.165, 1.54) is 0 Å². The fraction of sp³-hybridized carbons (Fsp3) is 0.467. The van der Waals surface area contributed by atoms with E-state index in [1.54, 1.807) is 0 Å². The Morgan fingerprint density at radius 1 is 1.32 bits per heavy atom. The van der Waals surface area contributed by atoms with Gasteiger partial charge in [0.25, 0.3) is 0 Å². The van der Waals surface area contributed by atoms with Crippen LogP contribution in [0.3, 0.4) is 0 Å². The number of hydrogen-bond donors (Lipinski definition) is 2. The average Bonchev–Trinajstić information content (AvgIpc) is 2.44. The van der Waals surface area contributed by atoms with E-state index < -0.39 is 5.54 Å². The van der Waals surface area contributed by atoms with Gasteiger partial charge in [0.1, 0.15) is 0 Å². The highest BCUT2D eigenvalue weighted by atomic mass is 32.1. The zero-order valence-corrected chi connectivity index (χ0v) is 12.6. The van der Waals surface area contributed by atoms with E-state index >= 15 is 0 Å². The van der Waals surface area contributed by atoms with Crippen LogP contribution in [0.15, 0.2) is 30.3 Å². The molecule has 0 aliphatic heterocycles. The number of benzene rings is 1. The Morgan fingerprint density at radius 2 is 1.84 bits per heavy atom. The molecule has 1 aromatic carbocycles. The number of nitrogens with one attached hydrogen (secondary N) is 1. The van der Waals surface area contributed by atoms with Crippen molar-refractivity contribution < 1.29 is 4.79 Å². The quantitative estimate of drug-likeness (QED) is 0.787. The molecule has 3 N–H and O–H groups in total. The smallest absolute Gasteiger partial charge is 0.228 e. The van der Waals surface area contributed by atoms with Crippen LogP contribution in [0.2, 0.25) is 0 Å². The number of hydrogen-bond acceptors (Lipinski definition) is 2. The van der Waals surface area contributed by atoms with Gasteiger partial charge in [0.2, 0.25) is 5.91 Å². The summed E-state index contributed by atoms with van der Waals surface area (Å²) in [7, 11) is 0. The standard InChI is InChI=1S/C15H22N2OS/c1-4-15(5-2,14(16)19)17-13(18)11(3)12-9-7-6-8-10-12/h6-11H,4-5H2,1-3H3,(H2,16,19)(H,17,18).